The number of hydrogen-bond donors (Lipinski definition) is 2. The second kappa shape index (κ2) is 9.36. The van der Waals surface area contributed by atoms with Crippen LogP contribution in [0.2, 0.25) is 0 Å². The van der Waals surface area contributed by atoms with Gasteiger partial charge in [0.1, 0.15) is 18.0 Å². The number of benzene rings is 1. The number of nitrogens with one attached hydrogen (secondary N) is 1. The fourth-order valence-corrected chi connectivity index (χ4v) is 4.09. The van der Waals surface area contributed by atoms with Gasteiger partial charge in [0.05, 0.1) is 36.0 Å². The molecular formula is C24H24F3N7O2. The summed E-state index contributed by atoms with van der Waals surface area (Å²) in [6.07, 6.45) is -5.72. The normalized spacial score (nSPS) is 17.4. The van der Waals surface area contributed by atoms with E-state index in [4.69, 9.17) is 4.74 Å². The first-order chi connectivity index (χ1) is 17.2. The van der Waals surface area contributed by atoms with E-state index in [1.165, 1.54) is 4.90 Å². The molecule has 0 spiro atoms. The first kappa shape index (κ1) is 23.9. The number of aromatic nitrogens is 5. The Morgan fingerprint density at radius 3 is 2.69 bits per heavy atom. The maximum absolute atomic E-state index is 13.3. The molecular weight excluding hydrogens is 475 g/mol. The molecule has 4 aromatic rings. The largest absolute Gasteiger partial charge is 0.416 e. The van der Waals surface area contributed by atoms with Gasteiger partial charge in [0.15, 0.2) is 11.9 Å². The molecule has 0 bridgehead atoms. The van der Waals surface area contributed by atoms with Crippen molar-refractivity contribution < 1.29 is 23.0 Å². The SMILES string of the molecule is Cc1ccc(Nc2ccc3c(c2)ncn3-c2ccc(C(C)O)c(N3CCOC(C(F)(F)F)C3)n2)nn1. The van der Waals surface area contributed by atoms with E-state index in [0.717, 1.165) is 16.9 Å². The number of hydrogen-bond acceptors (Lipinski definition) is 8. The Morgan fingerprint density at radius 2 is 1.97 bits per heavy atom. The summed E-state index contributed by atoms with van der Waals surface area (Å²) in [6, 6.07) is 12.7. The smallest absolute Gasteiger partial charge is 0.389 e. The third-order valence-electron chi connectivity index (χ3n) is 5.94. The summed E-state index contributed by atoms with van der Waals surface area (Å²) in [7, 11) is 0. The van der Waals surface area contributed by atoms with Gasteiger partial charge in [0.2, 0.25) is 0 Å². The van der Waals surface area contributed by atoms with Gasteiger partial charge in [0.25, 0.3) is 0 Å². The van der Waals surface area contributed by atoms with Crippen LogP contribution < -0.4 is 10.2 Å². The molecule has 0 amide bonds. The number of rotatable bonds is 5. The van der Waals surface area contributed by atoms with E-state index in [2.05, 4.69) is 25.5 Å². The lowest BCUT2D eigenvalue weighted by atomic mass is 10.1. The first-order valence-electron chi connectivity index (χ1n) is 11.4. The minimum Gasteiger partial charge on any atom is -0.389 e. The predicted octanol–water partition coefficient (Wildman–Crippen LogP) is 4.08. The molecule has 1 aromatic carbocycles. The van der Waals surface area contributed by atoms with Crippen LogP contribution in [-0.2, 0) is 4.74 Å². The van der Waals surface area contributed by atoms with Crippen LogP contribution in [0.15, 0.2) is 48.8 Å². The molecule has 2 atom stereocenters. The van der Waals surface area contributed by atoms with Gasteiger partial charge in [-0.25, -0.2) is 9.97 Å². The number of morpholine rings is 1. The van der Waals surface area contributed by atoms with Crippen LogP contribution in [0.5, 0.6) is 0 Å². The molecule has 1 aliphatic rings. The number of pyridine rings is 1. The lowest BCUT2D eigenvalue weighted by Gasteiger charge is -2.35. The second-order valence-corrected chi connectivity index (χ2v) is 8.61. The Hall–Kier alpha value is -3.77. The van der Waals surface area contributed by atoms with Crippen molar-refractivity contribution in [1.29, 1.82) is 0 Å². The Morgan fingerprint density at radius 1 is 1.14 bits per heavy atom. The molecule has 2 unspecified atom stereocenters. The average molecular weight is 499 g/mol. The molecule has 36 heavy (non-hydrogen) atoms. The van der Waals surface area contributed by atoms with Crippen molar-refractivity contribution in [3.63, 3.8) is 0 Å². The number of anilines is 3. The highest BCUT2D eigenvalue weighted by molar-refractivity contribution is 5.82. The standard InChI is InChI=1S/C24H24F3N7O2/c1-14-3-7-21(32-31-14)29-16-4-6-19-18(11-16)28-13-34(19)22-8-5-17(15(2)35)23(30-22)33-9-10-36-20(12-33)24(25,26)27/h3-8,11,13,15,20,35H,9-10,12H2,1-2H3,(H,29,32). The van der Waals surface area contributed by atoms with Crippen molar-refractivity contribution in [2.75, 3.05) is 29.9 Å². The molecule has 1 saturated heterocycles. The second-order valence-electron chi connectivity index (χ2n) is 8.61. The van der Waals surface area contributed by atoms with Crippen molar-refractivity contribution in [2.24, 2.45) is 0 Å². The van der Waals surface area contributed by atoms with E-state index in [0.29, 0.717) is 22.7 Å². The number of ether oxygens (including phenoxy) is 1. The fraction of sp³-hybridized carbons (Fsp3) is 0.333. The Bertz CT molecular complexity index is 1370. The highest BCUT2D eigenvalue weighted by Gasteiger charge is 2.44. The monoisotopic (exact) mass is 499 g/mol. The van der Waals surface area contributed by atoms with E-state index in [1.54, 1.807) is 30.0 Å². The van der Waals surface area contributed by atoms with Gasteiger partial charge in [-0.2, -0.15) is 18.3 Å². The van der Waals surface area contributed by atoms with Crippen molar-refractivity contribution in [3.05, 3.63) is 60.0 Å². The van der Waals surface area contributed by atoms with Crippen molar-refractivity contribution >= 4 is 28.4 Å². The van der Waals surface area contributed by atoms with Crippen LogP contribution in [0.25, 0.3) is 16.9 Å². The molecule has 9 nitrogen and oxygen atoms in total. The molecule has 0 radical (unpaired) electrons. The fourth-order valence-electron chi connectivity index (χ4n) is 4.09. The van der Waals surface area contributed by atoms with Crippen LogP contribution in [0.3, 0.4) is 0 Å². The summed E-state index contributed by atoms with van der Waals surface area (Å²) >= 11 is 0. The molecule has 3 aromatic heterocycles. The van der Waals surface area contributed by atoms with Crippen molar-refractivity contribution in [1.82, 2.24) is 24.7 Å². The number of nitrogens with zero attached hydrogens (tertiary/aromatic N) is 6. The zero-order chi connectivity index (χ0) is 25.4. The number of alkyl halides is 3. The first-order valence-corrected chi connectivity index (χ1v) is 11.4. The predicted molar refractivity (Wildman–Crippen MR) is 128 cm³/mol. The number of aliphatic hydroxyl groups is 1. The minimum atomic E-state index is -4.49. The van der Waals surface area contributed by atoms with Gasteiger partial charge in [-0.3, -0.25) is 4.57 Å². The summed E-state index contributed by atoms with van der Waals surface area (Å²) < 4.78 is 46.6. The quantitative estimate of drug-likeness (QED) is 0.424. The number of aryl methyl sites for hydroxylation is 1. The maximum atomic E-state index is 13.3. The van der Waals surface area contributed by atoms with Crippen LogP contribution in [0, 0.1) is 6.92 Å². The lowest BCUT2D eigenvalue weighted by Crippen LogP contribution is -2.49. The van der Waals surface area contributed by atoms with E-state index >= 15 is 0 Å². The van der Waals surface area contributed by atoms with E-state index in [9.17, 15) is 18.3 Å². The van der Waals surface area contributed by atoms with Crippen LogP contribution in [-0.4, -0.2) is 61.8 Å². The van der Waals surface area contributed by atoms with Gasteiger partial charge >= 0.3 is 6.18 Å². The highest BCUT2D eigenvalue weighted by Crippen LogP contribution is 2.32. The summed E-state index contributed by atoms with van der Waals surface area (Å²) in [5, 5.41) is 21.6. The topological polar surface area (TPSA) is 101 Å². The van der Waals surface area contributed by atoms with Gasteiger partial charge in [0, 0.05) is 17.8 Å². The molecule has 0 aliphatic carbocycles. The average Bonchev–Trinajstić information content (AvgIpc) is 3.28. The third-order valence-corrected chi connectivity index (χ3v) is 5.94. The Labute approximate surface area is 204 Å². The van der Waals surface area contributed by atoms with Gasteiger partial charge in [-0.1, -0.05) is 0 Å². The van der Waals surface area contributed by atoms with Gasteiger partial charge < -0.3 is 20.1 Å². The summed E-state index contributed by atoms with van der Waals surface area (Å²) in [4.78, 5) is 10.6. The molecule has 4 heterocycles. The minimum absolute atomic E-state index is 0.0928. The molecule has 5 rings (SSSR count). The number of imidazole rings is 1. The molecule has 12 heteroatoms. The van der Waals surface area contributed by atoms with Crippen molar-refractivity contribution in [2.45, 2.75) is 32.2 Å². The molecule has 1 aliphatic heterocycles. The summed E-state index contributed by atoms with van der Waals surface area (Å²) in [6.45, 7) is 3.15. The highest BCUT2D eigenvalue weighted by atomic mass is 19.4. The Kier molecular flexibility index (Phi) is 6.22. The molecule has 1 fully saturated rings. The van der Waals surface area contributed by atoms with E-state index < -0.39 is 24.9 Å². The number of fused-ring (bicyclic) bond motifs is 1. The van der Waals surface area contributed by atoms with Gasteiger partial charge in [-0.05, 0) is 56.3 Å². The summed E-state index contributed by atoms with van der Waals surface area (Å²) in [5.74, 6) is 1.36. The zero-order valence-corrected chi connectivity index (χ0v) is 19.6. The number of halogens is 3. The lowest BCUT2D eigenvalue weighted by molar-refractivity contribution is -0.221. The van der Waals surface area contributed by atoms with E-state index in [-0.39, 0.29) is 19.0 Å². The maximum Gasteiger partial charge on any atom is 0.416 e. The Balaban J connectivity index is 1.47. The zero-order valence-electron chi connectivity index (χ0n) is 19.6. The third kappa shape index (κ3) is 4.82. The van der Waals surface area contributed by atoms with Gasteiger partial charge in [-0.15, -0.1) is 5.10 Å². The van der Waals surface area contributed by atoms with E-state index in [1.807, 2.05) is 37.3 Å². The summed E-state index contributed by atoms with van der Waals surface area (Å²) in [5.41, 5.74) is 3.47. The van der Waals surface area contributed by atoms with Crippen LogP contribution in [0.1, 0.15) is 24.3 Å². The van der Waals surface area contributed by atoms with Crippen molar-refractivity contribution in [3.8, 4) is 5.82 Å². The molecule has 188 valence electrons. The van der Waals surface area contributed by atoms with Crippen LogP contribution >= 0.6 is 0 Å². The molecule has 2 N–H and O–H groups in total. The van der Waals surface area contributed by atoms with Crippen LogP contribution in [0.4, 0.5) is 30.5 Å². The number of aliphatic hydroxyl groups excluding tert-OH is 1. The molecule has 0 saturated carbocycles.